The Balaban J connectivity index is 2.26. The van der Waals surface area contributed by atoms with E-state index >= 15 is 0 Å². The predicted octanol–water partition coefficient (Wildman–Crippen LogP) is 4.34. The molecule has 0 radical (unpaired) electrons. The number of anilines is 2. The number of hydrogen-bond acceptors (Lipinski definition) is 3. The summed E-state index contributed by atoms with van der Waals surface area (Å²) in [5.74, 6) is 0.309. The normalized spacial score (nSPS) is 10.2. The van der Waals surface area contributed by atoms with Crippen LogP contribution in [0.1, 0.15) is 17.3 Å². The first-order chi connectivity index (χ1) is 10.0. The van der Waals surface area contributed by atoms with Gasteiger partial charge in [-0.15, -0.1) is 0 Å². The first-order valence-electron chi connectivity index (χ1n) is 6.30. The van der Waals surface area contributed by atoms with Gasteiger partial charge in [0, 0.05) is 20.7 Å². The van der Waals surface area contributed by atoms with E-state index in [2.05, 4.69) is 21.2 Å². The molecular formula is C15H14BrClN2O2. The molecule has 3 N–H and O–H groups in total. The molecule has 0 bridgehead atoms. The molecule has 21 heavy (non-hydrogen) atoms. The highest BCUT2D eigenvalue weighted by Crippen LogP contribution is 2.29. The number of nitrogens with one attached hydrogen (secondary N) is 1. The summed E-state index contributed by atoms with van der Waals surface area (Å²) in [4.78, 5) is 12.3. The van der Waals surface area contributed by atoms with Crippen molar-refractivity contribution in [3.8, 4) is 5.75 Å². The summed E-state index contributed by atoms with van der Waals surface area (Å²) in [5, 5.41) is 3.31. The molecule has 0 fully saturated rings. The van der Waals surface area contributed by atoms with Gasteiger partial charge in [-0.2, -0.15) is 0 Å². The SMILES string of the molecule is CCOc1ccc(Cl)cc1NC(=O)c1ccc(N)c(Br)c1. The number of rotatable bonds is 4. The van der Waals surface area contributed by atoms with E-state index in [0.717, 1.165) is 0 Å². The third-order valence-electron chi connectivity index (χ3n) is 2.75. The molecule has 0 aliphatic carbocycles. The quantitative estimate of drug-likeness (QED) is 0.788. The minimum absolute atomic E-state index is 0.265. The monoisotopic (exact) mass is 368 g/mol. The van der Waals surface area contributed by atoms with Crippen molar-refractivity contribution in [1.82, 2.24) is 0 Å². The molecule has 4 nitrogen and oxygen atoms in total. The van der Waals surface area contributed by atoms with Crippen molar-refractivity contribution in [2.75, 3.05) is 17.7 Å². The second-order valence-corrected chi connectivity index (χ2v) is 5.55. The Hall–Kier alpha value is -1.72. The predicted molar refractivity (Wildman–Crippen MR) is 89.1 cm³/mol. The molecule has 2 aromatic carbocycles. The second-order valence-electron chi connectivity index (χ2n) is 4.26. The van der Waals surface area contributed by atoms with Crippen molar-refractivity contribution in [3.05, 3.63) is 51.5 Å². The summed E-state index contributed by atoms with van der Waals surface area (Å²) >= 11 is 9.26. The molecule has 110 valence electrons. The number of carbonyl (C=O) groups is 1. The van der Waals surface area contributed by atoms with E-state index in [1.165, 1.54) is 0 Å². The van der Waals surface area contributed by atoms with Crippen LogP contribution in [-0.2, 0) is 0 Å². The minimum atomic E-state index is -0.265. The third kappa shape index (κ3) is 3.89. The number of amides is 1. The Bertz CT molecular complexity index is 677. The van der Waals surface area contributed by atoms with Crippen molar-refractivity contribution in [2.45, 2.75) is 6.92 Å². The fourth-order valence-electron chi connectivity index (χ4n) is 1.74. The molecule has 1 amide bonds. The number of carbonyl (C=O) groups excluding carboxylic acids is 1. The summed E-state index contributed by atoms with van der Waals surface area (Å²) in [6.07, 6.45) is 0. The largest absolute Gasteiger partial charge is 0.492 e. The fourth-order valence-corrected chi connectivity index (χ4v) is 2.30. The number of halogens is 2. The average Bonchev–Trinajstić information content (AvgIpc) is 2.45. The lowest BCUT2D eigenvalue weighted by Crippen LogP contribution is -2.13. The van der Waals surface area contributed by atoms with Crippen LogP contribution in [0.5, 0.6) is 5.75 Å². The van der Waals surface area contributed by atoms with Gasteiger partial charge in [0.25, 0.3) is 5.91 Å². The second kappa shape index (κ2) is 6.83. The lowest BCUT2D eigenvalue weighted by Gasteiger charge is -2.12. The summed E-state index contributed by atoms with van der Waals surface area (Å²) in [6.45, 7) is 2.37. The number of nitrogens with two attached hydrogens (primary N) is 1. The Morgan fingerprint density at radius 2 is 2.10 bits per heavy atom. The number of nitrogen functional groups attached to an aromatic ring is 1. The standard InChI is InChI=1S/C15H14BrClN2O2/c1-2-21-14-6-4-10(17)8-13(14)19-15(20)9-3-5-12(18)11(16)7-9/h3-8H,2,18H2,1H3,(H,19,20). The summed E-state index contributed by atoms with van der Waals surface area (Å²) in [6, 6.07) is 10.1. The van der Waals surface area contributed by atoms with Crippen LogP contribution >= 0.6 is 27.5 Å². The zero-order valence-corrected chi connectivity index (χ0v) is 13.7. The smallest absolute Gasteiger partial charge is 0.255 e. The topological polar surface area (TPSA) is 64.3 Å². The van der Waals surface area contributed by atoms with Gasteiger partial charge < -0.3 is 15.8 Å². The Morgan fingerprint density at radius 1 is 1.33 bits per heavy atom. The Morgan fingerprint density at radius 3 is 2.76 bits per heavy atom. The highest BCUT2D eigenvalue weighted by atomic mass is 79.9. The lowest BCUT2D eigenvalue weighted by atomic mass is 10.2. The van der Waals surface area contributed by atoms with Gasteiger partial charge in [-0.1, -0.05) is 11.6 Å². The summed E-state index contributed by atoms with van der Waals surface area (Å²) in [5.41, 5.74) is 7.30. The van der Waals surface area contributed by atoms with E-state index in [-0.39, 0.29) is 5.91 Å². The molecule has 0 aliphatic rings. The number of hydrogen-bond donors (Lipinski definition) is 2. The van der Waals surface area contributed by atoms with E-state index in [1.54, 1.807) is 36.4 Å². The number of ether oxygens (including phenoxy) is 1. The highest BCUT2D eigenvalue weighted by Gasteiger charge is 2.11. The van der Waals surface area contributed by atoms with Crippen molar-refractivity contribution in [2.24, 2.45) is 0 Å². The molecule has 2 rings (SSSR count). The maximum absolute atomic E-state index is 12.3. The van der Waals surface area contributed by atoms with Gasteiger partial charge in [0.2, 0.25) is 0 Å². The van der Waals surface area contributed by atoms with Gasteiger partial charge in [-0.05, 0) is 59.3 Å². The van der Waals surface area contributed by atoms with Crippen LogP contribution in [0, 0.1) is 0 Å². The molecule has 0 spiro atoms. The molecule has 0 saturated heterocycles. The van der Waals surface area contributed by atoms with E-state index in [1.807, 2.05) is 6.92 Å². The van der Waals surface area contributed by atoms with Gasteiger partial charge >= 0.3 is 0 Å². The van der Waals surface area contributed by atoms with Crippen LogP contribution in [0.25, 0.3) is 0 Å². The summed E-state index contributed by atoms with van der Waals surface area (Å²) < 4.78 is 6.14. The molecular weight excluding hydrogens is 356 g/mol. The first kappa shape index (κ1) is 15.7. The Labute approximate surface area is 136 Å². The van der Waals surface area contributed by atoms with Crippen LogP contribution in [0.3, 0.4) is 0 Å². The van der Waals surface area contributed by atoms with E-state index in [4.69, 9.17) is 22.1 Å². The lowest BCUT2D eigenvalue weighted by molar-refractivity contribution is 0.102. The van der Waals surface area contributed by atoms with E-state index in [9.17, 15) is 4.79 Å². The van der Waals surface area contributed by atoms with Crippen LogP contribution in [0.4, 0.5) is 11.4 Å². The minimum Gasteiger partial charge on any atom is -0.492 e. The molecule has 0 saturated carbocycles. The Kier molecular flexibility index (Phi) is 5.09. The van der Waals surface area contributed by atoms with E-state index in [0.29, 0.717) is 38.8 Å². The molecule has 0 aliphatic heterocycles. The molecule has 0 atom stereocenters. The van der Waals surface area contributed by atoms with Crippen molar-refractivity contribution < 1.29 is 9.53 Å². The van der Waals surface area contributed by atoms with Crippen LogP contribution in [0.15, 0.2) is 40.9 Å². The number of benzene rings is 2. The van der Waals surface area contributed by atoms with Gasteiger partial charge in [0.1, 0.15) is 5.75 Å². The third-order valence-corrected chi connectivity index (χ3v) is 3.67. The van der Waals surface area contributed by atoms with Crippen molar-refractivity contribution in [1.29, 1.82) is 0 Å². The molecule has 0 aromatic heterocycles. The molecule has 0 heterocycles. The molecule has 6 heteroatoms. The maximum atomic E-state index is 12.3. The van der Waals surface area contributed by atoms with Crippen LogP contribution in [0.2, 0.25) is 5.02 Å². The van der Waals surface area contributed by atoms with Crippen molar-refractivity contribution in [3.63, 3.8) is 0 Å². The van der Waals surface area contributed by atoms with Gasteiger partial charge in [0.05, 0.1) is 12.3 Å². The van der Waals surface area contributed by atoms with E-state index < -0.39 is 0 Å². The highest BCUT2D eigenvalue weighted by molar-refractivity contribution is 9.10. The van der Waals surface area contributed by atoms with Gasteiger partial charge in [0.15, 0.2) is 0 Å². The first-order valence-corrected chi connectivity index (χ1v) is 7.47. The van der Waals surface area contributed by atoms with Crippen molar-refractivity contribution >= 4 is 44.8 Å². The molecule has 2 aromatic rings. The summed E-state index contributed by atoms with van der Waals surface area (Å²) in [7, 11) is 0. The van der Waals surface area contributed by atoms with Crippen LogP contribution in [-0.4, -0.2) is 12.5 Å². The average molecular weight is 370 g/mol. The zero-order valence-electron chi connectivity index (χ0n) is 11.3. The molecule has 0 unspecified atom stereocenters. The van der Waals surface area contributed by atoms with Crippen LogP contribution < -0.4 is 15.8 Å². The maximum Gasteiger partial charge on any atom is 0.255 e. The van der Waals surface area contributed by atoms with Gasteiger partial charge in [-0.3, -0.25) is 4.79 Å². The zero-order chi connectivity index (χ0) is 15.4. The van der Waals surface area contributed by atoms with Gasteiger partial charge in [-0.25, -0.2) is 0 Å². The fraction of sp³-hybridized carbons (Fsp3) is 0.133.